The van der Waals surface area contributed by atoms with Gasteiger partial charge in [0.2, 0.25) is 11.8 Å². The highest BCUT2D eigenvalue weighted by Crippen LogP contribution is 2.35. The summed E-state index contributed by atoms with van der Waals surface area (Å²) in [4.78, 5) is 28.7. The number of nitrogens with zero attached hydrogens (tertiary/aromatic N) is 2. The van der Waals surface area contributed by atoms with Gasteiger partial charge >= 0.3 is 0 Å². The van der Waals surface area contributed by atoms with E-state index in [0.717, 1.165) is 4.31 Å². The minimum atomic E-state index is -4.28. The lowest BCUT2D eigenvalue weighted by molar-refractivity contribution is -0.140. The van der Waals surface area contributed by atoms with E-state index in [4.69, 9.17) is 46.4 Å². The standard InChI is InChI=1S/C29H31Cl4N3O4S/c1-4-25(29(38)34-16-19(2)3)35(17-20-13-14-22(30)24(32)15-20)27(37)18-36(26-12-8-11-23(31)28(26)33)41(39,40)21-9-6-5-7-10-21/h5-15,19,25H,4,16-18H2,1-3H3,(H,34,38)/t25-/m1/s1. The van der Waals surface area contributed by atoms with E-state index in [2.05, 4.69) is 5.32 Å². The lowest BCUT2D eigenvalue weighted by atomic mass is 10.1. The maximum absolute atomic E-state index is 14.1. The van der Waals surface area contributed by atoms with E-state index in [9.17, 15) is 18.0 Å². The Bertz CT molecular complexity index is 1490. The van der Waals surface area contributed by atoms with Crippen molar-refractivity contribution in [3.63, 3.8) is 0 Å². The van der Waals surface area contributed by atoms with Gasteiger partial charge in [-0.15, -0.1) is 0 Å². The Labute approximate surface area is 261 Å². The molecule has 2 amide bonds. The minimum Gasteiger partial charge on any atom is -0.354 e. The SMILES string of the molecule is CC[C@H](C(=O)NCC(C)C)N(Cc1ccc(Cl)c(Cl)c1)C(=O)CN(c1cccc(Cl)c1Cl)S(=O)(=O)c1ccccc1. The normalized spacial score (nSPS) is 12.2. The molecular weight excluding hydrogens is 628 g/mol. The Hall–Kier alpha value is -2.49. The van der Waals surface area contributed by atoms with Crippen LogP contribution in [0.25, 0.3) is 0 Å². The number of amides is 2. The van der Waals surface area contributed by atoms with Crippen molar-refractivity contribution < 1.29 is 18.0 Å². The van der Waals surface area contributed by atoms with Crippen molar-refractivity contribution in [3.8, 4) is 0 Å². The zero-order chi connectivity index (χ0) is 30.3. The zero-order valence-corrected chi connectivity index (χ0v) is 26.6. The van der Waals surface area contributed by atoms with Gasteiger partial charge in [0, 0.05) is 13.1 Å². The number of rotatable bonds is 12. The maximum atomic E-state index is 14.1. The minimum absolute atomic E-state index is 0.0220. The molecule has 0 unspecified atom stereocenters. The van der Waals surface area contributed by atoms with Crippen molar-refractivity contribution in [3.05, 3.63) is 92.4 Å². The van der Waals surface area contributed by atoms with Crippen LogP contribution in [0.2, 0.25) is 20.1 Å². The molecule has 7 nitrogen and oxygen atoms in total. The average Bonchev–Trinajstić information content (AvgIpc) is 2.94. The number of sulfonamides is 1. The number of hydrogen-bond donors (Lipinski definition) is 1. The van der Waals surface area contributed by atoms with Gasteiger partial charge in [-0.25, -0.2) is 8.42 Å². The third-order valence-corrected chi connectivity index (χ3v) is 9.54. The topological polar surface area (TPSA) is 86.8 Å². The Morgan fingerprint density at radius 1 is 0.878 bits per heavy atom. The largest absolute Gasteiger partial charge is 0.354 e. The van der Waals surface area contributed by atoms with E-state index in [0.29, 0.717) is 17.1 Å². The first-order valence-corrected chi connectivity index (χ1v) is 15.8. The van der Waals surface area contributed by atoms with Crippen LogP contribution in [0.5, 0.6) is 0 Å². The van der Waals surface area contributed by atoms with Gasteiger partial charge in [-0.05, 0) is 54.3 Å². The summed E-state index contributed by atoms with van der Waals surface area (Å²) in [6.45, 7) is 5.44. The number of halogens is 4. The Morgan fingerprint density at radius 3 is 2.17 bits per heavy atom. The van der Waals surface area contributed by atoms with Crippen LogP contribution in [0.15, 0.2) is 71.6 Å². The Morgan fingerprint density at radius 2 is 1.56 bits per heavy atom. The van der Waals surface area contributed by atoms with Gasteiger partial charge in [-0.3, -0.25) is 13.9 Å². The molecule has 3 aromatic carbocycles. The van der Waals surface area contributed by atoms with Crippen molar-refractivity contribution in [1.29, 1.82) is 0 Å². The van der Waals surface area contributed by atoms with Gasteiger partial charge in [0.1, 0.15) is 12.6 Å². The van der Waals surface area contributed by atoms with E-state index < -0.39 is 28.5 Å². The monoisotopic (exact) mass is 657 g/mol. The highest BCUT2D eigenvalue weighted by molar-refractivity contribution is 7.92. The lowest BCUT2D eigenvalue weighted by Gasteiger charge is -2.33. The van der Waals surface area contributed by atoms with E-state index >= 15 is 0 Å². The summed E-state index contributed by atoms with van der Waals surface area (Å²) in [6.07, 6.45) is 0.278. The predicted molar refractivity (Wildman–Crippen MR) is 166 cm³/mol. The van der Waals surface area contributed by atoms with Gasteiger partial charge < -0.3 is 10.2 Å². The van der Waals surface area contributed by atoms with Crippen LogP contribution in [-0.2, 0) is 26.2 Å². The number of carbonyl (C=O) groups is 2. The highest BCUT2D eigenvalue weighted by atomic mass is 35.5. The van der Waals surface area contributed by atoms with Crippen LogP contribution in [-0.4, -0.2) is 44.3 Å². The van der Waals surface area contributed by atoms with Crippen molar-refractivity contribution in [1.82, 2.24) is 10.2 Å². The maximum Gasteiger partial charge on any atom is 0.264 e. The first kappa shape index (κ1) is 33.0. The molecule has 1 atom stereocenters. The van der Waals surface area contributed by atoms with Crippen molar-refractivity contribution in [2.75, 3.05) is 17.4 Å². The molecule has 1 N–H and O–H groups in total. The lowest BCUT2D eigenvalue weighted by Crippen LogP contribution is -2.52. The fraction of sp³-hybridized carbons (Fsp3) is 0.310. The third-order valence-electron chi connectivity index (χ3n) is 6.22. The Kier molecular flexibility index (Phi) is 11.8. The molecule has 0 heterocycles. The number of hydrogen-bond acceptors (Lipinski definition) is 4. The number of carbonyl (C=O) groups excluding carboxylic acids is 2. The molecule has 0 spiro atoms. The second-order valence-electron chi connectivity index (χ2n) is 9.73. The summed E-state index contributed by atoms with van der Waals surface area (Å²) in [6, 6.07) is 16.2. The smallest absolute Gasteiger partial charge is 0.264 e. The van der Waals surface area contributed by atoms with Crippen LogP contribution in [0, 0.1) is 5.92 Å². The second-order valence-corrected chi connectivity index (χ2v) is 13.2. The predicted octanol–water partition coefficient (Wildman–Crippen LogP) is 7.08. The van der Waals surface area contributed by atoms with Crippen LogP contribution in [0.3, 0.4) is 0 Å². The van der Waals surface area contributed by atoms with E-state index in [1.165, 1.54) is 29.2 Å². The summed E-state index contributed by atoms with van der Waals surface area (Å²) >= 11 is 25.0. The van der Waals surface area contributed by atoms with E-state index in [1.54, 1.807) is 49.4 Å². The van der Waals surface area contributed by atoms with Crippen molar-refractivity contribution >= 4 is 73.9 Å². The molecule has 220 valence electrons. The summed E-state index contributed by atoms with van der Waals surface area (Å²) < 4.78 is 28.7. The zero-order valence-electron chi connectivity index (χ0n) is 22.8. The summed E-state index contributed by atoms with van der Waals surface area (Å²) in [5, 5.41) is 3.60. The summed E-state index contributed by atoms with van der Waals surface area (Å²) in [5.74, 6) is -0.793. The van der Waals surface area contributed by atoms with Crippen LogP contribution >= 0.6 is 46.4 Å². The molecule has 0 saturated carbocycles. The molecule has 0 aliphatic rings. The molecule has 0 saturated heterocycles. The van der Waals surface area contributed by atoms with Crippen LogP contribution < -0.4 is 9.62 Å². The number of nitrogens with one attached hydrogen (secondary N) is 1. The molecule has 0 fully saturated rings. The number of benzene rings is 3. The second kappa shape index (κ2) is 14.6. The fourth-order valence-corrected chi connectivity index (χ4v) is 6.31. The molecule has 0 aromatic heterocycles. The number of anilines is 1. The molecule has 41 heavy (non-hydrogen) atoms. The fourth-order valence-electron chi connectivity index (χ4n) is 4.09. The van der Waals surface area contributed by atoms with Gasteiger partial charge in [0.05, 0.1) is 30.7 Å². The highest BCUT2D eigenvalue weighted by Gasteiger charge is 2.34. The van der Waals surface area contributed by atoms with Crippen molar-refractivity contribution in [2.24, 2.45) is 5.92 Å². The van der Waals surface area contributed by atoms with Gasteiger partial charge in [-0.2, -0.15) is 0 Å². The molecule has 12 heteroatoms. The molecule has 0 aliphatic heterocycles. The summed E-state index contributed by atoms with van der Waals surface area (Å²) in [5.41, 5.74) is 0.643. The van der Waals surface area contributed by atoms with E-state index in [1.807, 2.05) is 13.8 Å². The molecule has 0 aliphatic carbocycles. The molecule has 3 aromatic rings. The van der Waals surface area contributed by atoms with E-state index in [-0.39, 0.29) is 50.4 Å². The quantitative estimate of drug-likeness (QED) is 0.225. The third kappa shape index (κ3) is 8.30. The van der Waals surface area contributed by atoms with Crippen LogP contribution in [0.1, 0.15) is 32.8 Å². The average molecular weight is 659 g/mol. The van der Waals surface area contributed by atoms with Crippen molar-refractivity contribution in [2.45, 2.75) is 44.7 Å². The first-order valence-electron chi connectivity index (χ1n) is 12.9. The molecule has 0 radical (unpaired) electrons. The molecule has 0 bridgehead atoms. The Balaban J connectivity index is 2.09. The summed E-state index contributed by atoms with van der Waals surface area (Å²) in [7, 11) is -4.28. The van der Waals surface area contributed by atoms with Gasteiger partial charge in [-0.1, -0.05) is 97.5 Å². The molecular formula is C29H31Cl4N3O4S. The van der Waals surface area contributed by atoms with Crippen LogP contribution in [0.4, 0.5) is 5.69 Å². The van der Waals surface area contributed by atoms with Gasteiger partial charge in [0.25, 0.3) is 10.0 Å². The molecule has 3 rings (SSSR count). The first-order chi connectivity index (χ1) is 19.4. The van der Waals surface area contributed by atoms with Gasteiger partial charge in [0.15, 0.2) is 0 Å².